The van der Waals surface area contributed by atoms with Gasteiger partial charge in [0.25, 0.3) is 5.91 Å². The number of carbonyl (C=O) groups excluding carboxylic acids is 5. The highest BCUT2D eigenvalue weighted by Gasteiger charge is 2.47. The van der Waals surface area contributed by atoms with E-state index < -0.39 is 34.4 Å². The van der Waals surface area contributed by atoms with Crippen molar-refractivity contribution in [2.75, 3.05) is 5.75 Å². The van der Waals surface area contributed by atoms with Gasteiger partial charge in [-0.15, -0.1) is 20.4 Å². The zero-order valence-corrected chi connectivity index (χ0v) is 69.9. The molecule has 2 amide bonds. The lowest BCUT2D eigenvalue weighted by atomic mass is 9.71. The van der Waals surface area contributed by atoms with Gasteiger partial charge in [-0.25, -0.2) is 4.79 Å². The van der Waals surface area contributed by atoms with Gasteiger partial charge in [-0.1, -0.05) is 199 Å². The van der Waals surface area contributed by atoms with Crippen molar-refractivity contribution in [1.82, 2.24) is 31.0 Å². The first-order chi connectivity index (χ1) is 52.6. The molecule has 2 fully saturated rings. The van der Waals surface area contributed by atoms with Gasteiger partial charge in [-0.3, -0.25) is 19.2 Å². The standard InChI is InChI=1S/C12H14N4.C11H13NO4.C11H20O.C11H20.C10H14BNO3.C10H13BO3.C10H17NOS.C9H14B2O4/c1-8(2)10-4-6-11(7-5-10)12-15-13-9(3)14-16-12;1-6(2)10(14)7-3-4-8(9(13)5-7)11(15)16-12;1-10(2)12-11-8-6-4-3-5-7-9-11;1-10(2)11-8-6-4-3-5-7-9-11;1-7(2)12-10(13)8-3-5-9(6-4-8)11(14)15;1-7(2)10(12)8-3-5-9(6-4-8)11(13)14;1-10(2,3)9-6-4-8(12)11-7(6)5-13-9;1-6(2)7-3-8(10(12)13)5-9(4-7)11(14)15/h4-8H,1-3H3;3-6,13H,12H2,1-2H3;3-4,10-11H,5-9H2,1-2H3;3-4,10-11H,5-9H2,1-2H3;3-7,14-15H,1-2H3,(H,12,13);3-7,13-14H,1-2H3;6-7,9H,4-5H2,1-3H3,(H,11,12);3-6,12-15H,1-2H3/b;;2*4-3+;;;;. The first-order valence-corrected chi connectivity index (χ1v) is 40.1. The van der Waals surface area contributed by atoms with E-state index in [-0.39, 0.29) is 69.4 Å². The number of amides is 2. The number of Topliss-reactive ketones (excluding diaryl/α,β-unsaturated/α-hetero) is 2. The Balaban J connectivity index is 0.000000332. The number of phenolic OH excluding ortho intramolecular Hbond substituents is 1. The van der Waals surface area contributed by atoms with Crippen LogP contribution < -0.4 is 38.4 Å². The highest BCUT2D eigenvalue weighted by Crippen LogP contribution is 2.46. The van der Waals surface area contributed by atoms with E-state index in [9.17, 15) is 29.1 Å². The fraction of sp³-hybridized carbons (Fsp3) is 0.512. The zero-order valence-electron chi connectivity index (χ0n) is 69.1. The topological polar surface area (TPSA) is 388 Å². The Hall–Kier alpha value is -7.72. The summed E-state index contributed by atoms with van der Waals surface area (Å²) in [6.07, 6.45) is 24.0. The predicted octanol–water partition coefficient (Wildman–Crippen LogP) is 10.2. The second-order valence-electron chi connectivity index (χ2n) is 31.6. The first-order valence-electron chi connectivity index (χ1n) is 39.1. The van der Waals surface area contributed by atoms with Crippen molar-refractivity contribution in [2.45, 2.75) is 237 Å². The molecule has 3 heterocycles. The molecular weight excluding hydrogens is 1440 g/mol. The van der Waals surface area contributed by atoms with Gasteiger partial charge < -0.3 is 65.5 Å². The van der Waals surface area contributed by atoms with Gasteiger partial charge in [0.1, 0.15) is 11.3 Å². The van der Waals surface area contributed by atoms with E-state index in [1.54, 1.807) is 69.3 Å². The number of phenols is 1. The van der Waals surface area contributed by atoms with Gasteiger partial charge in [0.15, 0.2) is 17.4 Å². The van der Waals surface area contributed by atoms with E-state index in [1.165, 1.54) is 106 Å². The molecule has 1 aromatic heterocycles. The number of hydrogen-bond acceptors (Lipinski definition) is 22. The van der Waals surface area contributed by atoms with Crippen molar-refractivity contribution in [3.8, 4) is 17.1 Å². The number of benzene rings is 5. The Morgan fingerprint density at radius 1 is 0.562 bits per heavy atom. The number of aromatic hydroxyl groups is 1. The number of hydrogen-bond donors (Lipinski definition) is 12. The van der Waals surface area contributed by atoms with Crippen LogP contribution in [-0.2, 0) is 14.4 Å². The lowest BCUT2D eigenvalue weighted by molar-refractivity contribution is -0.119. The quantitative estimate of drug-likeness (QED) is 0.0175. The van der Waals surface area contributed by atoms with Gasteiger partial charge in [0, 0.05) is 69.5 Å². The van der Waals surface area contributed by atoms with Crippen LogP contribution in [0.15, 0.2) is 133 Å². The van der Waals surface area contributed by atoms with Crippen LogP contribution in [0.5, 0.6) is 5.75 Å². The zero-order chi connectivity index (χ0) is 84.1. The number of ketones is 2. The van der Waals surface area contributed by atoms with Crippen molar-refractivity contribution >= 4 is 91.4 Å². The Kier molecular flexibility index (Phi) is 44.4. The monoisotopic (exact) mass is 1560 g/mol. The lowest BCUT2D eigenvalue weighted by Gasteiger charge is -2.30. The van der Waals surface area contributed by atoms with E-state index in [4.69, 9.17) is 50.8 Å². The highest BCUT2D eigenvalue weighted by molar-refractivity contribution is 8.00. The number of ether oxygens (including phenoxy) is 1. The van der Waals surface area contributed by atoms with Crippen molar-refractivity contribution < 1.29 is 78.8 Å². The maximum absolute atomic E-state index is 11.6. The molecule has 5 unspecified atom stereocenters. The van der Waals surface area contributed by atoms with E-state index in [0.29, 0.717) is 80.0 Å². The minimum Gasteiger partial charge on any atom is -0.507 e. The van der Waals surface area contributed by atoms with Crippen LogP contribution in [0, 0.1) is 41.9 Å². The van der Waals surface area contributed by atoms with Crippen LogP contribution in [-0.4, -0.2) is 159 Å². The third-order valence-electron chi connectivity index (χ3n) is 18.6. The maximum atomic E-state index is 11.6. The summed E-state index contributed by atoms with van der Waals surface area (Å²) >= 11 is 2.03. The number of nitrogens with two attached hydrogens (primary N) is 1. The molecule has 2 saturated heterocycles. The number of nitrogens with one attached hydrogen (secondary N) is 2. The number of thioether (sulfide) groups is 1. The fourth-order valence-electron chi connectivity index (χ4n) is 12.2. The molecule has 610 valence electrons. The third kappa shape index (κ3) is 36.2. The second-order valence-corrected chi connectivity index (χ2v) is 32.8. The molecule has 5 atom stereocenters. The van der Waals surface area contributed by atoms with Crippen molar-refractivity contribution in [2.24, 2.45) is 40.9 Å². The molecule has 0 bridgehead atoms. The molecule has 0 saturated carbocycles. The molecule has 2 aliphatic carbocycles. The van der Waals surface area contributed by atoms with E-state index in [0.717, 1.165) is 35.1 Å². The molecule has 0 spiro atoms. The minimum atomic E-state index is -1.60. The van der Waals surface area contributed by atoms with Gasteiger partial charge in [-0.2, -0.15) is 17.7 Å². The average Bonchev–Trinajstić information content (AvgIpc) is 1.64. The smallest absolute Gasteiger partial charge is 0.488 e. The molecule has 23 nitrogen and oxygen atoms in total. The molecule has 4 aliphatic rings. The van der Waals surface area contributed by atoms with Crippen LogP contribution in [0.1, 0.15) is 259 Å². The SMILES string of the molecule is CC(C)(C)C1SCC2NC(=O)CC21.CC(C)C(=O)c1ccc(B(O)O)cc1.CC(C)C(=O)c1ccc(C(=O)ON)c(O)c1.CC(C)C1CC/C=C/CCC1.CC(C)NC(=O)c1ccc(B(O)O)cc1.CC(C)OC1CC/C=C/CCC1.CC(C)c1cc(B(O)O)cc(B(O)O)c1.Cc1nnc(-c2ccc(C(C)C)cc2)nn1. The molecule has 28 heteroatoms. The van der Waals surface area contributed by atoms with E-state index >= 15 is 0 Å². The number of rotatable bonds is 17. The summed E-state index contributed by atoms with van der Waals surface area (Å²) in [5.74, 6) is 8.79. The van der Waals surface area contributed by atoms with Crippen LogP contribution in [0.25, 0.3) is 11.4 Å². The minimum absolute atomic E-state index is 0.0418. The molecule has 10 rings (SSSR count). The summed E-state index contributed by atoms with van der Waals surface area (Å²) in [4.78, 5) is 60.8. The van der Waals surface area contributed by atoms with Crippen molar-refractivity contribution in [1.29, 1.82) is 0 Å². The van der Waals surface area contributed by atoms with Crippen LogP contribution in [0.4, 0.5) is 0 Å². The normalized spacial score (nSPS) is 17.5. The molecule has 0 radical (unpaired) electrons. The number of aryl methyl sites for hydroxylation is 1. The van der Waals surface area contributed by atoms with Gasteiger partial charge in [0.2, 0.25) is 11.7 Å². The maximum Gasteiger partial charge on any atom is 0.488 e. The van der Waals surface area contributed by atoms with Crippen LogP contribution in [0.3, 0.4) is 0 Å². The van der Waals surface area contributed by atoms with E-state index in [2.05, 4.69) is 135 Å². The Labute approximate surface area is 670 Å². The predicted molar refractivity (Wildman–Crippen MR) is 452 cm³/mol. The van der Waals surface area contributed by atoms with E-state index in [1.807, 2.05) is 65.4 Å². The second kappa shape index (κ2) is 50.5. The summed E-state index contributed by atoms with van der Waals surface area (Å²) in [6, 6.07) is 29.8. The van der Waals surface area contributed by atoms with Gasteiger partial charge in [0.05, 0.1) is 12.2 Å². The van der Waals surface area contributed by atoms with Gasteiger partial charge in [-0.05, 0) is 185 Å². The summed E-state index contributed by atoms with van der Waals surface area (Å²) in [5.41, 5.74) is 6.11. The number of aromatic nitrogens is 4. The Morgan fingerprint density at radius 2 is 1.04 bits per heavy atom. The largest absolute Gasteiger partial charge is 0.507 e. The molecule has 13 N–H and O–H groups in total. The number of fused-ring (bicyclic) bond motifs is 1. The van der Waals surface area contributed by atoms with Crippen LogP contribution >= 0.6 is 11.8 Å². The number of carbonyl (C=O) groups is 5. The summed E-state index contributed by atoms with van der Waals surface area (Å²) in [5, 5.41) is 103. The van der Waals surface area contributed by atoms with Crippen molar-refractivity contribution in [3.63, 3.8) is 0 Å². The molecule has 6 aromatic rings. The molecule has 5 aromatic carbocycles. The lowest BCUT2D eigenvalue weighted by Crippen LogP contribution is -2.38. The molecule has 112 heavy (non-hydrogen) atoms. The Morgan fingerprint density at radius 3 is 1.48 bits per heavy atom. The average molecular weight is 1560 g/mol. The fourth-order valence-corrected chi connectivity index (χ4v) is 14.0. The first kappa shape index (κ1) is 98.5. The summed E-state index contributed by atoms with van der Waals surface area (Å²) < 4.78 is 5.79. The number of allylic oxidation sites excluding steroid dienone is 4. The number of nitrogens with zero attached hydrogens (tertiary/aromatic N) is 4. The highest BCUT2D eigenvalue weighted by atomic mass is 32.2. The summed E-state index contributed by atoms with van der Waals surface area (Å²) in [7, 11) is -6.16. The van der Waals surface area contributed by atoms with Crippen molar-refractivity contribution in [3.05, 3.63) is 173 Å². The van der Waals surface area contributed by atoms with Gasteiger partial charge >= 0.3 is 34.4 Å². The Bertz CT molecular complexity index is 3780. The third-order valence-corrected chi connectivity index (χ3v) is 20.6. The molecule has 2 aliphatic heterocycles. The van der Waals surface area contributed by atoms with Crippen LogP contribution in [0.2, 0.25) is 0 Å². The summed E-state index contributed by atoms with van der Waals surface area (Å²) in [6.45, 7) is 36.7. The molecular formula is C84H125B4N7O16S.